The molecule has 0 radical (unpaired) electrons. The van der Waals surface area contributed by atoms with Crippen molar-refractivity contribution in [1.82, 2.24) is 14.9 Å². The zero-order valence-corrected chi connectivity index (χ0v) is 18.0. The van der Waals surface area contributed by atoms with E-state index in [-0.39, 0.29) is 17.2 Å². The second kappa shape index (κ2) is 8.68. The highest BCUT2D eigenvalue weighted by molar-refractivity contribution is 5.78. The van der Waals surface area contributed by atoms with Crippen LogP contribution in [0.15, 0.2) is 48.5 Å². The number of fused-ring (bicyclic) bond motifs is 1. The van der Waals surface area contributed by atoms with Crippen LogP contribution in [-0.2, 0) is 23.3 Å². The molecule has 0 unspecified atom stereocenters. The molecule has 1 heterocycles. The lowest BCUT2D eigenvalue weighted by Gasteiger charge is -2.19. The van der Waals surface area contributed by atoms with Gasteiger partial charge in [-0.3, -0.25) is 4.79 Å². The van der Waals surface area contributed by atoms with Crippen LogP contribution in [0, 0.1) is 5.92 Å². The number of ether oxygens (including phenoxy) is 1. The SMILES string of the molecule is CC(C)C(=O)NCc1nc2ccccc2n1CCOc1ccc(C(C)(C)C)cc1. The van der Waals surface area contributed by atoms with Gasteiger partial charge in [-0.15, -0.1) is 0 Å². The number of nitrogens with one attached hydrogen (secondary N) is 1. The van der Waals surface area contributed by atoms with Crippen LogP contribution in [0.3, 0.4) is 0 Å². The second-order valence-corrected chi connectivity index (χ2v) is 8.66. The Morgan fingerprint density at radius 3 is 2.45 bits per heavy atom. The van der Waals surface area contributed by atoms with Gasteiger partial charge in [0.1, 0.15) is 18.2 Å². The molecule has 154 valence electrons. The summed E-state index contributed by atoms with van der Waals surface area (Å²) < 4.78 is 8.10. The van der Waals surface area contributed by atoms with Crippen LogP contribution < -0.4 is 10.1 Å². The summed E-state index contributed by atoms with van der Waals surface area (Å²) in [5.41, 5.74) is 3.39. The summed E-state index contributed by atoms with van der Waals surface area (Å²) in [5.74, 6) is 1.68. The molecular weight excluding hydrogens is 362 g/mol. The minimum Gasteiger partial charge on any atom is -0.492 e. The van der Waals surface area contributed by atoms with Crippen LogP contribution in [0.5, 0.6) is 5.75 Å². The van der Waals surface area contributed by atoms with Gasteiger partial charge in [-0.2, -0.15) is 0 Å². The Labute approximate surface area is 173 Å². The number of amides is 1. The first-order chi connectivity index (χ1) is 13.8. The lowest BCUT2D eigenvalue weighted by molar-refractivity contribution is -0.124. The Balaban J connectivity index is 1.70. The molecule has 0 aliphatic rings. The highest BCUT2D eigenvalue weighted by atomic mass is 16.5. The van der Waals surface area contributed by atoms with E-state index in [9.17, 15) is 4.79 Å². The van der Waals surface area contributed by atoms with Gasteiger partial charge in [-0.1, -0.05) is 58.9 Å². The fraction of sp³-hybridized carbons (Fsp3) is 0.417. The minimum absolute atomic E-state index is 0.0267. The average Bonchev–Trinajstić information content (AvgIpc) is 3.03. The molecule has 3 rings (SSSR count). The molecule has 0 atom stereocenters. The maximum atomic E-state index is 12.0. The fourth-order valence-electron chi connectivity index (χ4n) is 3.19. The van der Waals surface area contributed by atoms with E-state index in [1.54, 1.807) is 0 Å². The van der Waals surface area contributed by atoms with Crippen molar-refractivity contribution in [3.8, 4) is 5.75 Å². The third-order valence-corrected chi connectivity index (χ3v) is 4.98. The highest BCUT2D eigenvalue weighted by Crippen LogP contribution is 2.24. The number of benzene rings is 2. The van der Waals surface area contributed by atoms with Crippen molar-refractivity contribution in [1.29, 1.82) is 0 Å². The number of hydrogen-bond acceptors (Lipinski definition) is 3. The highest BCUT2D eigenvalue weighted by Gasteiger charge is 2.14. The largest absolute Gasteiger partial charge is 0.492 e. The lowest BCUT2D eigenvalue weighted by atomic mass is 9.87. The van der Waals surface area contributed by atoms with Crippen molar-refractivity contribution in [3.63, 3.8) is 0 Å². The second-order valence-electron chi connectivity index (χ2n) is 8.66. The van der Waals surface area contributed by atoms with Gasteiger partial charge in [0.15, 0.2) is 0 Å². The normalized spacial score (nSPS) is 11.8. The van der Waals surface area contributed by atoms with E-state index < -0.39 is 0 Å². The van der Waals surface area contributed by atoms with Gasteiger partial charge in [-0.05, 0) is 35.2 Å². The number of para-hydroxylation sites is 2. The first kappa shape index (κ1) is 20.9. The Morgan fingerprint density at radius 2 is 1.79 bits per heavy atom. The zero-order valence-electron chi connectivity index (χ0n) is 18.0. The predicted octanol–water partition coefficient (Wildman–Crippen LogP) is 4.69. The van der Waals surface area contributed by atoms with Crippen LogP contribution in [0.25, 0.3) is 11.0 Å². The summed E-state index contributed by atoms with van der Waals surface area (Å²) in [6.45, 7) is 12.0. The predicted molar refractivity (Wildman–Crippen MR) is 117 cm³/mol. The van der Waals surface area contributed by atoms with Crippen LogP contribution >= 0.6 is 0 Å². The van der Waals surface area contributed by atoms with E-state index in [1.165, 1.54) is 5.56 Å². The lowest BCUT2D eigenvalue weighted by Crippen LogP contribution is -2.28. The smallest absolute Gasteiger partial charge is 0.222 e. The van der Waals surface area contributed by atoms with Gasteiger partial charge in [0.2, 0.25) is 5.91 Å². The maximum absolute atomic E-state index is 12.0. The average molecular weight is 394 g/mol. The maximum Gasteiger partial charge on any atom is 0.222 e. The molecule has 3 aromatic rings. The third-order valence-electron chi connectivity index (χ3n) is 4.98. The Morgan fingerprint density at radius 1 is 1.10 bits per heavy atom. The third kappa shape index (κ3) is 5.17. The molecule has 2 aromatic carbocycles. The van der Waals surface area contributed by atoms with Crippen LogP contribution in [0.1, 0.15) is 46.0 Å². The molecule has 5 nitrogen and oxygen atoms in total. The summed E-state index contributed by atoms with van der Waals surface area (Å²) in [5, 5.41) is 2.97. The number of imidazole rings is 1. The molecule has 1 aromatic heterocycles. The Bertz CT molecular complexity index is 966. The topological polar surface area (TPSA) is 56.2 Å². The summed E-state index contributed by atoms with van der Waals surface area (Å²) in [4.78, 5) is 16.7. The Hall–Kier alpha value is -2.82. The molecule has 0 saturated carbocycles. The van der Waals surface area contributed by atoms with E-state index in [1.807, 2.05) is 50.2 Å². The van der Waals surface area contributed by atoms with Crippen molar-refractivity contribution < 1.29 is 9.53 Å². The van der Waals surface area contributed by atoms with Gasteiger partial charge >= 0.3 is 0 Å². The van der Waals surface area contributed by atoms with Crippen LogP contribution in [-0.4, -0.2) is 22.1 Å². The van der Waals surface area contributed by atoms with Crippen molar-refractivity contribution in [3.05, 3.63) is 59.9 Å². The van der Waals surface area contributed by atoms with Gasteiger partial charge in [0.25, 0.3) is 0 Å². The van der Waals surface area contributed by atoms with Crippen LogP contribution in [0.2, 0.25) is 0 Å². The number of carbonyl (C=O) groups excluding carboxylic acids is 1. The quantitative estimate of drug-likeness (QED) is 0.634. The molecule has 0 aliphatic heterocycles. The molecule has 0 bridgehead atoms. The molecule has 5 heteroatoms. The van der Waals surface area contributed by atoms with Crippen molar-refractivity contribution in [2.75, 3.05) is 6.61 Å². The Kier molecular flexibility index (Phi) is 6.26. The molecule has 0 saturated heterocycles. The summed E-state index contributed by atoms with van der Waals surface area (Å²) in [6.07, 6.45) is 0. The molecule has 0 fully saturated rings. The first-order valence-electron chi connectivity index (χ1n) is 10.2. The van der Waals surface area contributed by atoms with Crippen molar-refractivity contribution in [2.45, 2.75) is 53.1 Å². The number of carbonyl (C=O) groups is 1. The standard InChI is InChI=1S/C24H31N3O2/c1-17(2)23(28)25-16-22-26-20-8-6-7-9-21(20)27(22)14-15-29-19-12-10-18(11-13-19)24(3,4)5/h6-13,17H,14-16H2,1-5H3,(H,25,28). The molecule has 0 aliphatic carbocycles. The monoisotopic (exact) mass is 393 g/mol. The molecular formula is C24H31N3O2. The number of hydrogen-bond donors (Lipinski definition) is 1. The van der Waals surface area contributed by atoms with E-state index in [4.69, 9.17) is 9.72 Å². The first-order valence-corrected chi connectivity index (χ1v) is 10.2. The summed E-state index contributed by atoms with van der Waals surface area (Å²) in [6, 6.07) is 16.3. The van der Waals surface area contributed by atoms with Gasteiger partial charge in [0, 0.05) is 5.92 Å². The zero-order chi connectivity index (χ0) is 21.0. The van der Waals surface area contributed by atoms with Gasteiger partial charge in [0.05, 0.1) is 24.1 Å². The molecule has 0 spiro atoms. The van der Waals surface area contributed by atoms with E-state index in [2.05, 4.69) is 42.8 Å². The number of aromatic nitrogens is 2. The molecule has 1 amide bonds. The molecule has 1 N–H and O–H groups in total. The van der Waals surface area contributed by atoms with E-state index >= 15 is 0 Å². The minimum atomic E-state index is -0.0489. The van der Waals surface area contributed by atoms with Gasteiger partial charge < -0.3 is 14.6 Å². The fourth-order valence-corrected chi connectivity index (χ4v) is 3.19. The van der Waals surface area contributed by atoms with Crippen LogP contribution in [0.4, 0.5) is 0 Å². The van der Waals surface area contributed by atoms with E-state index in [0.717, 1.165) is 22.6 Å². The van der Waals surface area contributed by atoms with Gasteiger partial charge in [-0.25, -0.2) is 4.98 Å². The molecule has 29 heavy (non-hydrogen) atoms. The number of nitrogens with zero attached hydrogens (tertiary/aromatic N) is 2. The summed E-state index contributed by atoms with van der Waals surface area (Å²) >= 11 is 0. The summed E-state index contributed by atoms with van der Waals surface area (Å²) in [7, 11) is 0. The van der Waals surface area contributed by atoms with Crippen molar-refractivity contribution in [2.24, 2.45) is 5.92 Å². The van der Waals surface area contributed by atoms with Crippen molar-refractivity contribution >= 4 is 16.9 Å². The van der Waals surface area contributed by atoms with E-state index in [0.29, 0.717) is 19.7 Å². The number of rotatable bonds is 7.